The first-order valence-corrected chi connectivity index (χ1v) is 8.14. The number of nitrogens with zero attached hydrogens (tertiary/aromatic N) is 2. The standard InChI is InChI=1S/C14H19N3O3S/c1-20-14(19)17-6-2-3-10(7-17)12(18)16-13-15-11(8-21-13)9-4-5-9/h8-10H,2-7H2,1H3,(H,15,16,18). The Morgan fingerprint density at radius 2 is 2.24 bits per heavy atom. The Balaban J connectivity index is 1.57. The van der Waals surface area contributed by atoms with E-state index in [1.165, 1.54) is 31.3 Å². The van der Waals surface area contributed by atoms with Crippen LogP contribution in [0, 0.1) is 5.92 Å². The largest absolute Gasteiger partial charge is 0.453 e. The minimum atomic E-state index is -0.363. The Morgan fingerprint density at radius 3 is 2.95 bits per heavy atom. The number of aromatic nitrogens is 1. The van der Waals surface area contributed by atoms with Crippen LogP contribution >= 0.6 is 11.3 Å². The van der Waals surface area contributed by atoms with Gasteiger partial charge in [0, 0.05) is 24.4 Å². The molecule has 0 aromatic carbocycles. The summed E-state index contributed by atoms with van der Waals surface area (Å²) < 4.78 is 4.72. The van der Waals surface area contributed by atoms with Crippen molar-refractivity contribution in [2.45, 2.75) is 31.6 Å². The van der Waals surface area contributed by atoms with E-state index in [0.29, 0.717) is 24.1 Å². The number of ether oxygens (including phenoxy) is 1. The Hall–Kier alpha value is -1.63. The van der Waals surface area contributed by atoms with Crippen LogP contribution in [0.1, 0.15) is 37.3 Å². The molecule has 7 heteroatoms. The summed E-state index contributed by atoms with van der Waals surface area (Å²) in [5.74, 6) is 0.350. The van der Waals surface area contributed by atoms with Gasteiger partial charge in [-0.25, -0.2) is 9.78 Å². The molecule has 0 bridgehead atoms. The third-order valence-corrected chi connectivity index (χ3v) is 4.75. The molecule has 1 unspecified atom stereocenters. The molecule has 0 radical (unpaired) electrons. The van der Waals surface area contributed by atoms with Crippen LogP contribution in [0.2, 0.25) is 0 Å². The van der Waals surface area contributed by atoms with Crippen LogP contribution in [-0.2, 0) is 9.53 Å². The quantitative estimate of drug-likeness (QED) is 0.931. The maximum atomic E-state index is 12.3. The van der Waals surface area contributed by atoms with Gasteiger partial charge in [-0.15, -0.1) is 11.3 Å². The molecular weight excluding hydrogens is 290 g/mol. The fourth-order valence-corrected chi connectivity index (χ4v) is 3.40. The number of likely N-dealkylation sites (tertiary alicyclic amines) is 1. The summed E-state index contributed by atoms with van der Waals surface area (Å²) in [7, 11) is 1.36. The van der Waals surface area contributed by atoms with E-state index in [0.717, 1.165) is 18.5 Å². The summed E-state index contributed by atoms with van der Waals surface area (Å²) in [5, 5.41) is 5.57. The lowest BCUT2D eigenvalue weighted by Crippen LogP contribution is -2.43. The van der Waals surface area contributed by atoms with Crippen molar-refractivity contribution in [3.8, 4) is 0 Å². The lowest BCUT2D eigenvalue weighted by Gasteiger charge is -2.30. The summed E-state index contributed by atoms with van der Waals surface area (Å²) in [6.45, 7) is 1.07. The van der Waals surface area contributed by atoms with Gasteiger partial charge in [-0.05, 0) is 25.7 Å². The van der Waals surface area contributed by atoms with E-state index >= 15 is 0 Å². The number of rotatable bonds is 3. The molecule has 0 spiro atoms. The van der Waals surface area contributed by atoms with Crippen molar-refractivity contribution in [1.29, 1.82) is 0 Å². The van der Waals surface area contributed by atoms with E-state index in [1.54, 1.807) is 4.90 Å². The van der Waals surface area contributed by atoms with Gasteiger partial charge in [-0.1, -0.05) is 0 Å². The van der Waals surface area contributed by atoms with Gasteiger partial charge in [0.25, 0.3) is 0 Å². The lowest BCUT2D eigenvalue weighted by atomic mass is 9.97. The van der Waals surface area contributed by atoms with Crippen molar-refractivity contribution in [2.75, 3.05) is 25.5 Å². The smallest absolute Gasteiger partial charge is 0.409 e. The van der Waals surface area contributed by atoms with Crippen molar-refractivity contribution in [3.05, 3.63) is 11.1 Å². The second-order valence-corrected chi connectivity index (χ2v) is 6.45. The summed E-state index contributed by atoms with van der Waals surface area (Å²) in [4.78, 5) is 29.9. The van der Waals surface area contributed by atoms with Crippen molar-refractivity contribution in [3.63, 3.8) is 0 Å². The molecule has 1 aromatic heterocycles. The summed E-state index contributed by atoms with van der Waals surface area (Å²) in [6, 6.07) is 0. The average molecular weight is 309 g/mol. The molecule has 1 aromatic rings. The SMILES string of the molecule is COC(=O)N1CCCC(C(=O)Nc2nc(C3CC3)cs2)C1. The van der Waals surface area contributed by atoms with Gasteiger partial charge < -0.3 is 15.0 Å². The van der Waals surface area contributed by atoms with E-state index < -0.39 is 0 Å². The van der Waals surface area contributed by atoms with Crippen molar-refractivity contribution in [1.82, 2.24) is 9.88 Å². The number of anilines is 1. The number of methoxy groups -OCH3 is 1. The normalized spacial score (nSPS) is 22.0. The first-order valence-electron chi connectivity index (χ1n) is 7.26. The molecule has 1 aliphatic carbocycles. The van der Waals surface area contributed by atoms with Crippen LogP contribution in [0.4, 0.5) is 9.93 Å². The summed E-state index contributed by atoms with van der Waals surface area (Å²) in [6.07, 6.45) is 3.65. The highest BCUT2D eigenvalue weighted by Gasteiger charge is 2.30. The Labute approximate surface area is 127 Å². The average Bonchev–Trinajstić information content (AvgIpc) is 3.27. The van der Waals surface area contributed by atoms with E-state index in [2.05, 4.69) is 10.3 Å². The molecule has 2 aliphatic rings. The number of amides is 2. The Bertz CT molecular complexity index is 541. The van der Waals surface area contributed by atoms with Crippen LogP contribution < -0.4 is 5.32 Å². The highest BCUT2D eigenvalue weighted by Crippen LogP contribution is 2.40. The van der Waals surface area contributed by atoms with Gasteiger partial charge in [0.05, 0.1) is 18.7 Å². The molecule has 3 rings (SSSR count). The summed E-state index contributed by atoms with van der Waals surface area (Å²) in [5.41, 5.74) is 1.09. The molecule has 6 nitrogen and oxygen atoms in total. The van der Waals surface area contributed by atoms with E-state index in [9.17, 15) is 9.59 Å². The molecule has 2 fully saturated rings. The predicted molar refractivity (Wildman–Crippen MR) is 79.4 cm³/mol. The molecular formula is C14H19N3O3S. The van der Waals surface area contributed by atoms with Crippen LogP contribution in [0.25, 0.3) is 0 Å². The topological polar surface area (TPSA) is 71.5 Å². The third-order valence-electron chi connectivity index (χ3n) is 3.97. The fraction of sp³-hybridized carbons (Fsp3) is 0.643. The highest BCUT2D eigenvalue weighted by atomic mass is 32.1. The molecule has 2 amide bonds. The molecule has 1 atom stereocenters. The van der Waals surface area contributed by atoms with Crippen LogP contribution in [0.3, 0.4) is 0 Å². The highest BCUT2D eigenvalue weighted by molar-refractivity contribution is 7.13. The van der Waals surface area contributed by atoms with E-state index in [4.69, 9.17) is 4.74 Å². The van der Waals surface area contributed by atoms with Gasteiger partial charge >= 0.3 is 6.09 Å². The minimum Gasteiger partial charge on any atom is -0.453 e. The van der Waals surface area contributed by atoms with Crippen LogP contribution in [0.15, 0.2) is 5.38 Å². The van der Waals surface area contributed by atoms with Gasteiger partial charge in [0.2, 0.25) is 5.91 Å². The second-order valence-electron chi connectivity index (χ2n) is 5.60. The van der Waals surface area contributed by atoms with Gasteiger partial charge in [-0.3, -0.25) is 4.79 Å². The van der Waals surface area contributed by atoms with Crippen LogP contribution in [-0.4, -0.2) is 42.1 Å². The molecule has 1 saturated heterocycles. The maximum Gasteiger partial charge on any atom is 0.409 e. The number of thiazole rings is 1. The molecule has 1 saturated carbocycles. The Morgan fingerprint density at radius 1 is 1.43 bits per heavy atom. The second kappa shape index (κ2) is 6.01. The predicted octanol–water partition coefficient (Wildman–Crippen LogP) is 2.44. The first kappa shape index (κ1) is 14.3. The third kappa shape index (κ3) is 3.34. The van der Waals surface area contributed by atoms with Crippen molar-refractivity contribution < 1.29 is 14.3 Å². The fourth-order valence-electron chi connectivity index (χ4n) is 2.60. The number of carbonyl (C=O) groups is 2. The zero-order valence-corrected chi connectivity index (χ0v) is 12.8. The molecule has 2 heterocycles. The van der Waals surface area contributed by atoms with Crippen molar-refractivity contribution >= 4 is 28.5 Å². The Kier molecular flexibility index (Phi) is 4.10. The number of nitrogens with one attached hydrogen (secondary N) is 1. The van der Waals surface area contributed by atoms with E-state index in [-0.39, 0.29) is 17.9 Å². The van der Waals surface area contributed by atoms with Gasteiger partial charge in [0.15, 0.2) is 5.13 Å². The van der Waals surface area contributed by atoms with Crippen LogP contribution in [0.5, 0.6) is 0 Å². The number of hydrogen-bond acceptors (Lipinski definition) is 5. The molecule has 21 heavy (non-hydrogen) atoms. The number of piperidine rings is 1. The molecule has 1 aliphatic heterocycles. The van der Waals surface area contributed by atoms with E-state index in [1.807, 2.05) is 5.38 Å². The minimum absolute atomic E-state index is 0.0553. The van der Waals surface area contributed by atoms with Gasteiger partial charge in [-0.2, -0.15) is 0 Å². The monoisotopic (exact) mass is 309 g/mol. The maximum absolute atomic E-state index is 12.3. The molecule has 1 N–H and O–H groups in total. The number of carbonyl (C=O) groups excluding carboxylic acids is 2. The summed E-state index contributed by atoms with van der Waals surface area (Å²) >= 11 is 1.47. The van der Waals surface area contributed by atoms with Gasteiger partial charge in [0.1, 0.15) is 0 Å². The number of hydrogen-bond donors (Lipinski definition) is 1. The van der Waals surface area contributed by atoms with Crippen molar-refractivity contribution in [2.24, 2.45) is 5.92 Å². The zero-order valence-electron chi connectivity index (χ0n) is 12.0. The lowest BCUT2D eigenvalue weighted by molar-refractivity contribution is -0.121. The first-order chi connectivity index (χ1) is 10.2. The molecule has 114 valence electrons. The zero-order chi connectivity index (χ0) is 14.8.